The first-order valence-electron chi connectivity index (χ1n) is 6.55. The molecule has 1 aromatic heterocycles. The van der Waals surface area contributed by atoms with Gasteiger partial charge in [0.1, 0.15) is 5.75 Å². The van der Waals surface area contributed by atoms with Crippen molar-refractivity contribution in [2.24, 2.45) is 11.8 Å². The van der Waals surface area contributed by atoms with Crippen molar-refractivity contribution < 1.29 is 9.84 Å². The molecule has 1 aliphatic rings. The normalized spacial score (nSPS) is 26.8. The maximum absolute atomic E-state index is 10.4. The standard InChI is InChI=1S/C14H22O2S/c1-3-10-4-6-11(7-5-10)13(15)14-12(16-2)8-9-17-14/h8-11,13,15H,3-7H2,1-2H3. The summed E-state index contributed by atoms with van der Waals surface area (Å²) in [7, 11) is 1.67. The van der Waals surface area contributed by atoms with E-state index in [2.05, 4.69) is 6.92 Å². The number of aliphatic hydroxyl groups excluding tert-OH is 1. The number of thiophene rings is 1. The van der Waals surface area contributed by atoms with Crippen molar-refractivity contribution in [3.05, 3.63) is 16.3 Å². The summed E-state index contributed by atoms with van der Waals surface area (Å²) in [5.41, 5.74) is 0. The average Bonchev–Trinajstić information content (AvgIpc) is 2.86. The highest BCUT2D eigenvalue weighted by molar-refractivity contribution is 7.10. The second-order valence-electron chi connectivity index (χ2n) is 4.99. The minimum atomic E-state index is -0.331. The van der Waals surface area contributed by atoms with Crippen LogP contribution in [0.25, 0.3) is 0 Å². The number of aliphatic hydroxyl groups is 1. The zero-order valence-electron chi connectivity index (χ0n) is 10.7. The van der Waals surface area contributed by atoms with Crippen molar-refractivity contribution in [3.63, 3.8) is 0 Å². The van der Waals surface area contributed by atoms with E-state index in [1.807, 2.05) is 11.4 Å². The average molecular weight is 254 g/mol. The Kier molecular flexibility index (Phi) is 4.46. The fourth-order valence-corrected chi connectivity index (χ4v) is 3.76. The Bertz CT molecular complexity index is 340. The molecule has 17 heavy (non-hydrogen) atoms. The van der Waals surface area contributed by atoms with Gasteiger partial charge in [-0.1, -0.05) is 26.2 Å². The Morgan fingerprint density at radius 2 is 2.12 bits per heavy atom. The summed E-state index contributed by atoms with van der Waals surface area (Å²) in [4.78, 5) is 1.01. The molecule has 96 valence electrons. The summed E-state index contributed by atoms with van der Waals surface area (Å²) in [5, 5.41) is 12.4. The molecule has 0 saturated heterocycles. The maximum atomic E-state index is 10.4. The van der Waals surface area contributed by atoms with E-state index >= 15 is 0 Å². The van der Waals surface area contributed by atoms with Crippen LogP contribution >= 0.6 is 11.3 Å². The first-order valence-corrected chi connectivity index (χ1v) is 7.43. The molecule has 1 fully saturated rings. The third kappa shape index (κ3) is 2.83. The van der Waals surface area contributed by atoms with Gasteiger partial charge in [0.2, 0.25) is 0 Å². The van der Waals surface area contributed by atoms with Crippen LogP contribution in [0.2, 0.25) is 0 Å². The molecule has 0 spiro atoms. The maximum Gasteiger partial charge on any atom is 0.135 e. The third-order valence-electron chi connectivity index (χ3n) is 4.06. The SMILES string of the molecule is CCC1CCC(C(O)c2sccc2OC)CC1. The lowest BCUT2D eigenvalue weighted by molar-refractivity contribution is 0.0738. The highest BCUT2D eigenvalue weighted by Gasteiger charge is 2.28. The van der Waals surface area contributed by atoms with Gasteiger partial charge in [-0.15, -0.1) is 11.3 Å². The molecule has 0 aromatic carbocycles. The second kappa shape index (κ2) is 5.87. The summed E-state index contributed by atoms with van der Waals surface area (Å²) < 4.78 is 5.29. The summed E-state index contributed by atoms with van der Waals surface area (Å²) in [6.45, 7) is 2.27. The van der Waals surface area contributed by atoms with Gasteiger partial charge >= 0.3 is 0 Å². The molecule has 1 atom stereocenters. The largest absolute Gasteiger partial charge is 0.495 e. The second-order valence-corrected chi connectivity index (χ2v) is 5.93. The van der Waals surface area contributed by atoms with Gasteiger partial charge < -0.3 is 9.84 Å². The van der Waals surface area contributed by atoms with Crippen LogP contribution in [-0.2, 0) is 0 Å². The zero-order chi connectivity index (χ0) is 12.3. The highest BCUT2D eigenvalue weighted by atomic mass is 32.1. The van der Waals surface area contributed by atoms with Gasteiger partial charge in [-0.05, 0) is 36.1 Å². The molecule has 2 rings (SSSR count). The molecule has 1 saturated carbocycles. The van der Waals surface area contributed by atoms with Crippen LogP contribution in [0.15, 0.2) is 11.4 Å². The molecule has 1 N–H and O–H groups in total. The van der Waals surface area contributed by atoms with Crippen molar-refractivity contribution in [3.8, 4) is 5.75 Å². The molecule has 1 aromatic rings. The summed E-state index contributed by atoms with van der Waals surface area (Å²) >= 11 is 1.61. The Labute approximate surface area is 108 Å². The summed E-state index contributed by atoms with van der Waals surface area (Å²) in [6.07, 6.45) is 5.80. The minimum absolute atomic E-state index is 0.331. The first-order chi connectivity index (χ1) is 8.26. The fourth-order valence-electron chi connectivity index (χ4n) is 2.82. The van der Waals surface area contributed by atoms with E-state index < -0.39 is 0 Å². The van der Waals surface area contributed by atoms with Crippen molar-refractivity contribution in [1.29, 1.82) is 0 Å². The smallest absolute Gasteiger partial charge is 0.135 e. The highest BCUT2D eigenvalue weighted by Crippen LogP contribution is 2.42. The van der Waals surface area contributed by atoms with Gasteiger partial charge in [0.25, 0.3) is 0 Å². The molecular formula is C14H22O2S. The Balaban J connectivity index is 1.99. The van der Waals surface area contributed by atoms with Gasteiger partial charge in [-0.2, -0.15) is 0 Å². The summed E-state index contributed by atoms with van der Waals surface area (Å²) in [5.74, 6) is 2.15. The van der Waals surface area contributed by atoms with Crippen molar-refractivity contribution in [2.75, 3.05) is 7.11 Å². The van der Waals surface area contributed by atoms with Gasteiger partial charge in [0, 0.05) is 0 Å². The molecule has 0 radical (unpaired) electrons. The van der Waals surface area contributed by atoms with Crippen LogP contribution < -0.4 is 4.74 Å². The van der Waals surface area contributed by atoms with E-state index in [0.717, 1.165) is 29.4 Å². The Hall–Kier alpha value is -0.540. The fraction of sp³-hybridized carbons (Fsp3) is 0.714. The van der Waals surface area contributed by atoms with E-state index in [0.29, 0.717) is 5.92 Å². The van der Waals surface area contributed by atoms with Gasteiger partial charge in [0.05, 0.1) is 18.1 Å². The monoisotopic (exact) mass is 254 g/mol. The van der Waals surface area contributed by atoms with E-state index in [9.17, 15) is 5.11 Å². The lowest BCUT2D eigenvalue weighted by Crippen LogP contribution is -2.19. The molecule has 0 amide bonds. The molecule has 0 bridgehead atoms. The van der Waals surface area contributed by atoms with Crippen LogP contribution in [-0.4, -0.2) is 12.2 Å². The third-order valence-corrected chi connectivity index (χ3v) is 5.03. The predicted octanol–water partition coefficient (Wildman–Crippen LogP) is 4.01. The van der Waals surface area contributed by atoms with Gasteiger partial charge in [-0.25, -0.2) is 0 Å². The molecule has 3 heteroatoms. The number of hydrogen-bond donors (Lipinski definition) is 1. The summed E-state index contributed by atoms with van der Waals surface area (Å²) in [6, 6.07) is 1.95. The molecule has 1 aliphatic carbocycles. The lowest BCUT2D eigenvalue weighted by atomic mass is 9.78. The predicted molar refractivity (Wildman–Crippen MR) is 71.6 cm³/mol. The van der Waals surface area contributed by atoms with Gasteiger partial charge in [0.15, 0.2) is 0 Å². The van der Waals surface area contributed by atoms with E-state index in [1.54, 1.807) is 18.4 Å². The molecule has 2 nitrogen and oxygen atoms in total. The van der Waals surface area contributed by atoms with Crippen LogP contribution in [0, 0.1) is 11.8 Å². The number of rotatable bonds is 4. The molecule has 1 unspecified atom stereocenters. The number of methoxy groups -OCH3 is 1. The molecular weight excluding hydrogens is 232 g/mol. The lowest BCUT2D eigenvalue weighted by Gasteiger charge is -2.30. The van der Waals surface area contributed by atoms with Crippen molar-refractivity contribution >= 4 is 11.3 Å². The quantitative estimate of drug-likeness (QED) is 0.879. The Morgan fingerprint density at radius 1 is 1.41 bits per heavy atom. The van der Waals surface area contributed by atoms with Crippen LogP contribution in [0.1, 0.15) is 50.0 Å². The zero-order valence-corrected chi connectivity index (χ0v) is 11.5. The minimum Gasteiger partial charge on any atom is -0.495 e. The van der Waals surface area contributed by atoms with Crippen LogP contribution in [0.5, 0.6) is 5.75 Å². The van der Waals surface area contributed by atoms with Crippen LogP contribution in [0.4, 0.5) is 0 Å². The number of ether oxygens (including phenoxy) is 1. The topological polar surface area (TPSA) is 29.5 Å². The molecule has 1 heterocycles. The van der Waals surface area contributed by atoms with E-state index in [-0.39, 0.29) is 6.10 Å². The Morgan fingerprint density at radius 3 is 2.71 bits per heavy atom. The first kappa shape index (κ1) is 12.9. The van der Waals surface area contributed by atoms with Gasteiger partial charge in [-0.3, -0.25) is 0 Å². The molecule has 0 aliphatic heterocycles. The van der Waals surface area contributed by atoms with Crippen molar-refractivity contribution in [1.82, 2.24) is 0 Å². The van der Waals surface area contributed by atoms with Crippen molar-refractivity contribution in [2.45, 2.75) is 45.1 Å². The number of hydrogen-bond acceptors (Lipinski definition) is 3. The van der Waals surface area contributed by atoms with Crippen LogP contribution in [0.3, 0.4) is 0 Å². The van der Waals surface area contributed by atoms with E-state index in [1.165, 1.54) is 19.3 Å². The van der Waals surface area contributed by atoms with E-state index in [4.69, 9.17) is 4.74 Å².